The number of thioether (sulfide) groups is 1. The number of rotatable bonds is 6. The molecule has 0 unspecified atom stereocenters. The molecule has 1 aromatic carbocycles. The van der Waals surface area contributed by atoms with Crippen molar-refractivity contribution in [1.82, 2.24) is 9.29 Å². The summed E-state index contributed by atoms with van der Waals surface area (Å²) in [5.74, 6) is -0.0589. The molecule has 2 heterocycles. The zero-order valence-electron chi connectivity index (χ0n) is 14.8. The van der Waals surface area contributed by atoms with Gasteiger partial charge in [-0.05, 0) is 49.6 Å². The highest BCUT2D eigenvalue weighted by molar-refractivity contribution is 7.99. The average molecular weight is 426 g/mol. The number of hydrogen-bond donors (Lipinski definition) is 1. The minimum atomic E-state index is -3.47. The first-order valence-corrected chi connectivity index (χ1v) is 11.3. The van der Waals surface area contributed by atoms with E-state index in [2.05, 4.69) is 10.3 Å². The summed E-state index contributed by atoms with van der Waals surface area (Å²) < 4.78 is 26.4. The predicted octanol–water partition coefficient (Wildman–Crippen LogP) is 3.56. The number of sulfonamides is 1. The molecule has 1 aliphatic heterocycles. The summed E-state index contributed by atoms with van der Waals surface area (Å²) in [4.78, 5) is 16.5. The van der Waals surface area contributed by atoms with Crippen molar-refractivity contribution in [2.75, 3.05) is 24.2 Å². The molecule has 0 saturated carbocycles. The molecule has 144 valence electrons. The third kappa shape index (κ3) is 5.01. The number of aromatic nitrogens is 1. The Labute approximate surface area is 168 Å². The van der Waals surface area contributed by atoms with Crippen molar-refractivity contribution in [1.29, 1.82) is 0 Å². The predicted molar refractivity (Wildman–Crippen MR) is 108 cm³/mol. The second kappa shape index (κ2) is 8.60. The van der Waals surface area contributed by atoms with Crippen LogP contribution in [0, 0.1) is 6.92 Å². The lowest BCUT2D eigenvalue weighted by Gasteiger charge is -2.15. The van der Waals surface area contributed by atoms with Crippen molar-refractivity contribution < 1.29 is 13.2 Å². The van der Waals surface area contributed by atoms with Crippen LogP contribution in [0.2, 0.25) is 5.02 Å². The van der Waals surface area contributed by atoms with E-state index in [0.29, 0.717) is 28.8 Å². The minimum Gasteiger partial charge on any atom is -0.324 e. The molecule has 27 heavy (non-hydrogen) atoms. The fourth-order valence-corrected chi connectivity index (χ4v) is 5.12. The molecule has 0 radical (unpaired) electrons. The molecule has 1 N–H and O–H groups in total. The Morgan fingerprint density at radius 3 is 2.63 bits per heavy atom. The van der Waals surface area contributed by atoms with Crippen LogP contribution < -0.4 is 5.32 Å². The first-order chi connectivity index (χ1) is 12.9. The molecule has 1 amide bonds. The zero-order chi connectivity index (χ0) is 19.4. The van der Waals surface area contributed by atoms with Crippen LogP contribution in [0.1, 0.15) is 18.4 Å². The maximum Gasteiger partial charge on any atom is 0.244 e. The van der Waals surface area contributed by atoms with Crippen LogP contribution >= 0.6 is 23.4 Å². The molecule has 0 atom stereocenters. The Bertz CT molecular complexity index is 927. The first-order valence-electron chi connectivity index (χ1n) is 8.51. The van der Waals surface area contributed by atoms with E-state index in [-0.39, 0.29) is 16.6 Å². The van der Waals surface area contributed by atoms with Gasteiger partial charge in [0.05, 0.1) is 21.5 Å². The molecular weight excluding hydrogens is 406 g/mol. The van der Waals surface area contributed by atoms with Gasteiger partial charge in [-0.1, -0.05) is 29.4 Å². The van der Waals surface area contributed by atoms with Gasteiger partial charge in [0.25, 0.3) is 0 Å². The third-order valence-corrected chi connectivity index (χ3v) is 7.30. The van der Waals surface area contributed by atoms with Crippen molar-refractivity contribution in [2.45, 2.75) is 29.7 Å². The Balaban J connectivity index is 1.57. The van der Waals surface area contributed by atoms with Crippen LogP contribution in [0.15, 0.2) is 46.5 Å². The Kier molecular flexibility index (Phi) is 6.41. The van der Waals surface area contributed by atoms with Gasteiger partial charge in [0, 0.05) is 19.3 Å². The van der Waals surface area contributed by atoms with Gasteiger partial charge < -0.3 is 5.32 Å². The second-order valence-corrected chi connectivity index (χ2v) is 9.60. The van der Waals surface area contributed by atoms with Gasteiger partial charge in [0.15, 0.2) is 0 Å². The normalized spacial score (nSPS) is 15.0. The summed E-state index contributed by atoms with van der Waals surface area (Å²) in [5.41, 5.74) is 1.58. The van der Waals surface area contributed by atoms with E-state index in [9.17, 15) is 13.2 Å². The highest BCUT2D eigenvalue weighted by Gasteiger charge is 2.27. The molecule has 0 spiro atoms. The summed E-state index contributed by atoms with van der Waals surface area (Å²) in [6, 6.07) is 8.58. The van der Waals surface area contributed by atoms with E-state index >= 15 is 0 Å². The van der Waals surface area contributed by atoms with E-state index in [1.807, 2.05) is 13.0 Å². The first kappa shape index (κ1) is 20.1. The topological polar surface area (TPSA) is 79.4 Å². The van der Waals surface area contributed by atoms with Crippen LogP contribution in [0.3, 0.4) is 0 Å². The van der Waals surface area contributed by atoms with Crippen molar-refractivity contribution >= 4 is 45.0 Å². The van der Waals surface area contributed by atoms with Crippen LogP contribution in [0.5, 0.6) is 0 Å². The SMILES string of the molecule is Cc1ccc(NC(=O)CSc2ccc(S(=O)(=O)N3CCCC3)cn2)c(Cl)c1. The maximum absolute atomic E-state index is 12.5. The number of pyridine rings is 1. The highest BCUT2D eigenvalue weighted by Crippen LogP contribution is 2.25. The largest absolute Gasteiger partial charge is 0.324 e. The van der Waals surface area contributed by atoms with Gasteiger partial charge in [0.1, 0.15) is 4.90 Å². The van der Waals surface area contributed by atoms with E-state index in [1.54, 1.807) is 18.2 Å². The molecule has 2 aromatic rings. The van der Waals surface area contributed by atoms with Crippen molar-refractivity contribution in [3.8, 4) is 0 Å². The van der Waals surface area contributed by atoms with E-state index < -0.39 is 10.0 Å². The quantitative estimate of drug-likeness (QED) is 0.716. The number of hydrogen-bond acceptors (Lipinski definition) is 5. The fourth-order valence-electron chi connectivity index (χ4n) is 2.73. The number of nitrogens with zero attached hydrogens (tertiary/aromatic N) is 2. The molecule has 6 nitrogen and oxygen atoms in total. The van der Waals surface area contributed by atoms with E-state index in [4.69, 9.17) is 11.6 Å². The van der Waals surface area contributed by atoms with Gasteiger partial charge in [-0.2, -0.15) is 4.31 Å². The molecule has 0 aliphatic carbocycles. The average Bonchev–Trinajstić information content (AvgIpc) is 3.18. The van der Waals surface area contributed by atoms with Crippen molar-refractivity contribution in [3.63, 3.8) is 0 Å². The Morgan fingerprint density at radius 1 is 1.26 bits per heavy atom. The van der Waals surface area contributed by atoms with Crippen LogP contribution in [0.4, 0.5) is 5.69 Å². The standard InChI is InChI=1S/C18H20ClN3O3S2/c1-13-4-6-16(15(19)10-13)21-17(23)12-26-18-7-5-14(11-20-18)27(24,25)22-8-2-3-9-22/h4-7,10-11H,2-3,8-9,12H2,1H3,(H,21,23). The van der Waals surface area contributed by atoms with E-state index in [0.717, 1.165) is 18.4 Å². The molecule has 3 rings (SSSR count). The van der Waals surface area contributed by atoms with Gasteiger partial charge in [-0.15, -0.1) is 0 Å². The summed E-state index contributed by atoms with van der Waals surface area (Å²) in [6.45, 7) is 3.04. The molecule has 1 aliphatic rings. The van der Waals surface area contributed by atoms with Gasteiger partial charge >= 0.3 is 0 Å². The van der Waals surface area contributed by atoms with Crippen LogP contribution in [-0.4, -0.2) is 42.5 Å². The van der Waals surface area contributed by atoms with Gasteiger partial charge in [-0.3, -0.25) is 4.79 Å². The van der Waals surface area contributed by atoms with Crippen molar-refractivity contribution in [2.24, 2.45) is 0 Å². The number of carbonyl (C=O) groups excluding carboxylic acids is 1. The van der Waals surface area contributed by atoms with Gasteiger partial charge in [-0.25, -0.2) is 13.4 Å². The number of aryl methyl sites for hydroxylation is 1. The smallest absolute Gasteiger partial charge is 0.244 e. The number of nitrogens with one attached hydrogen (secondary N) is 1. The number of anilines is 1. The van der Waals surface area contributed by atoms with Crippen LogP contribution in [0.25, 0.3) is 0 Å². The molecule has 1 fully saturated rings. The highest BCUT2D eigenvalue weighted by atomic mass is 35.5. The summed E-state index contributed by atoms with van der Waals surface area (Å²) in [5, 5.41) is 3.83. The lowest BCUT2D eigenvalue weighted by Crippen LogP contribution is -2.27. The lowest BCUT2D eigenvalue weighted by molar-refractivity contribution is -0.113. The Morgan fingerprint density at radius 2 is 2.00 bits per heavy atom. The molecular formula is C18H20ClN3O3S2. The van der Waals surface area contributed by atoms with Crippen molar-refractivity contribution in [3.05, 3.63) is 47.1 Å². The van der Waals surface area contributed by atoms with E-state index in [1.165, 1.54) is 28.3 Å². The molecule has 1 aromatic heterocycles. The monoisotopic (exact) mass is 425 g/mol. The summed E-state index contributed by atoms with van der Waals surface area (Å²) in [7, 11) is -3.47. The number of benzene rings is 1. The number of amides is 1. The molecule has 0 bridgehead atoms. The summed E-state index contributed by atoms with van der Waals surface area (Å²) >= 11 is 7.34. The Hall–Kier alpha value is -1.61. The number of carbonyl (C=O) groups is 1. The number of halogens is 1. The van der Waals surface area contributed by atoms with Gasteiger partial charge in [0.2, 0.25) is 15.9 Å². The maximum atomic E-state index is 12.5. The second-order valence-electron chi connectivity index (χ2n) is 6.26. The van der Waals surface area contributed by atoms with Crippen LogP contribution in [-0.2, 0) is 14.8 Å². The summed E-state index contributed by atoms with van der Waals surface area (Å²) in [6.07, 6.45) is 3.13. The minimum absolute atomic E-state index is 0.148. The third-order valence-electron chi connectivity index (χ3n) is 4.16. The zero-order valence-corrected chi connectivity index (χ0v) is 17.2. The molecule has 1 saturated heterocycles. The fraction of sp³-hybridized carbons (Fsp3) is 0.333. The molecule has 9 heteroatoms. The lowest BCUT2D eigenvalue weighted by atomic mass is 10.2.